The molecule has 2 N–H and O–H groups in total. The first-order valence-corrected chi connectivity index (χ1v) is 6.93. The Kier molecular flexibility index (Phi) is 5.10. The Bertz CT molecular complexity index is 503. The Balaban J connectivity index is 1.79. The summed E-state index contributed by atoms with van der Waals surface area (Å²) in [5, 5.41) is 16.8. The van der Waals surface area contributed by atoms with Crippen LogP contribution in [0.3, 0.4) is 0 Å². The molecule has 0 radical (unpaired) electrons. The molecular weight excluding hydrogens is 274 g/mol. The van der Waals surface area contributed by atoms with Crippen LogP contribution >= 0.6 is 0 Å². The third kappa shape index (κ3) is 4.42. The number of non-ortho nitro benzene ring substituents is 1. The zero-order valence-electron chi connectivity index (χ0n) is 11.9. The van der Waals surface area contributed by atoms with E-state index in [2.05, 4.69) is 17.6 Å². The van der Waals surface area contributed by atoms with Gasteiger partial charge in [-0.15, -0.1) is 0 Å². The highest BCUT2D eigenvalue weighted by molar-refractivity contribution is 5.77. The van der Waals surface area contributed by atoms with Crippen molar-refractivity contribution in [2.75, 3.05) is 19.7 Å². The molecule has 1 aliphatic heterocycles. The van der Waals surface area contributed by atoms with Crippen LogP contribution < -0.4 is 15.4 Å². The summed E-state index contributed by atoms with van der Waals surface area (Å²) in [7, 11) is 0. The summed E-state index contributed by atoms with van der Waals surface area (Å²) < 4.78 is 5.33. The van der Waals surface area contributed by atoms with Crippen LogP contribution in [-0.2, 0) is 4.79 Å². The van der Waals surface area contributed by atoms with Crippen LogP contribution in [0.15, 0.2) is 24.3 Å². The van der Waals surface area contributed by atoms with Crippen molar-refractivity contribution in [3.05, 3.63) is 34.4 Å². The summed E-state index contributed by atoms with van der Waals surface area (Å²) in [4.78, 5) is 21.9. The first-order valence-electron chi connectivity index (χ1n) is 6.93. The van der Waals surface area contributed by atoms with E-state index in [-0.39, 0.29) is 24.2 Å². The maximum atomic E-state index is 11.8. The lowest BCUT2D eigenvalue weighted by atomic mass is 9.95. The van der Waals surface area contributed by atoms with Crippen LogP contribution in [0.5, 0.6) is 5.75 Å². The Hall–Kier alpha value is -2.15. The molecule has 1 amide bonds. The van der Waals surface area contributed by atoms with Crippen LogP contribution in [0.2, 0.25) is 0 Å². The normalized spacial score (nSPS) is 21.6. The van der Waals surface area contributed by atoms with Gasteiger partial charge in [0.25, 0.3) is 11.6 Å². The van der Waals surface area contributed by atoms with E-state index >= 15 is 0 Å². The number of carbonyl (C=O) groups is 1. The van der Waals surface area contributed by atoms with Gasteiger partial charge in [-0.25, -0.2) is 0 Å². The predicted octanol–water partition coefficient (Wildman–Crippen LogP) is 1.09. The molecular formula is C14H19N3O4. The van der Waals surface area contributed by atoms with Crippen LogP contribution in [0.4, 0.5) is 5.69 Å². The van der Waals surface area contributed by atoms with Crippen molar-refractivity contribution in [2.24, 2.45) is 5.92 Å². The second-order valence-corrected chi connectivity index (χ2v) is 5.18. The van der Waals surface area contributed by atoms with E-state index in [0.29, 0.717) is 11.7 Å². The number of nitrogens with zero attached hydrogens (tertiary/aromatic N) is 1. The summed E-state index contributed by atoms with van der Waals surface area (Å²) in [6, 6.07) is 5.83. The van der Waals surface area contributed by atoms with Gasteiger partial charge in [-0.3, -0.25) is 14.9 Å². The molecule has 114 valence electrons. The minimum absolute atomic E-state index is 0.00432. The van der Waals surface area contributed by atoms with Crippen LogP contribution in [0.25, 0.3) is 0 Å². The molecule has 1 aliphatic rings. The van der Waals surface area contributed by atoms with Crippen LogP contribution in [0, 0.1) is 16.0 Å². The second-order valence-electron chi connectivity index (χ2n) is 5.18. The quantitative estimate of drug-likeness (QED) is 0.626. The number of hydrogen-bond donors (Lipinski definition) is 2. The van der Waals surface area contributed by atoms with E-state index in [0.717, 1.165) is 19.5 Å². The molecule has 0 saturated carbocycles. The average Bonchev–Trinajstić information content (AvgIpc) is 2.48. The van der Waals surface area contributed by atoms with Gasteiger partial charge in [0.05, 0.1) is 4.92 Å². The van der Waals surface area contributed by atoms with E-state index in [1.54, 1.807) is 0 Å². The monoisotopic (exact) mass is 293 g/mol. The largest absolute Gasteiger partial charge is 0.484 e. The van der Waals surface area contributed by atoms with Gasteiger partial charge in [-0.2, -0.15) is 0 Å². The van der Waals surface area contributed by atoms with Gasteiger partial charge >= 0.3 is 0 Å². The molecule has 0 aromatic heterocycles. The third-order valence-corrected chi connectivity index (χ3v) is 3.55. The maximum Gasteiger partial charge on any atom is 0.269 e. The highest BCUT2D eigenvalue weighted by Gasteiger charge is 2.22. The van der Waals surface area contributed by atoms with Crippen molar-refractivity contribution in [3.63, 3.8) is 0 Å². The molecule has 1 heterocycles. The fourth-order valence-electron chi connectivity index (χ4n) is 2.29. The number of amides is 1. The summed E-state index contributed by atoms with van der Waals surface area (Å²) in [6.07, 6.45) is 0.907. The molecule has 1 fully saturated rings. The SMILES string of the molecule is CC1CNCCC1NC(=O)COc1ccc([N+](=O)[O-])cc1. The van der Waals surface area contributed by atoms with E-state index in [4.69, 9.17) is 4.74 Å². The molecule has 1 aromatic rings. The first kappa shape index (κ1) is 15.2. The number of benzene rings is 1. The summed E-state index contributed by atoms with van der Waals surface area (Å²) >= 11 is 0. The molecule has 0 spiro atoms. The van der Waals surface area contributed by atoms with Crippen LogP contribution in [-0.4, -0.2) is 36.6 Å². The third-order valence-electron chi connectivity index (χ3n) is 3.55. The lowest BCUT2D eigenvalue weighted by molar-refractivity contribution is -0.384. The molecule has 2 atom stereocenters. The van der Waals surface area contributed by atoms with Crippen molar-refractivity contribution in [1.82, 2.24) is 10.6 Å². The summed E-state index contributed by atoms with van der Waals surface area (Å²) in [5.74, 6) is 0.656. The highest BCUT2D eigenvalue weighted by atomic mass is 16.6. The fraction of sp³-hybridized carbons (Fsp3) is 0.500. The van der Waals surface area contributed by atoms with Crippen molar-refractivity contribution < 1.29 is 14.5 Å². The van der Waals surface area contributed by atoms with Crippen molar-refractivity contribution in [2.45, 2.75) is 19.4 Å². The van der Waals surface area contributed by atoms with E-state index in [1.807, 2.05) is 0 Å². The fourth-order valence-corrected chi connectivity index (χ4v) is 2.29. The number of rotatable bonds is 5. The van der Waals surface area contributed by atoms with E-state index < -0.39 is 4.92 Å². The lowest BCUT2D eigenvalue weighted by Gasteiger charge is -2.30. The average molecular weight is 293 g/mol. The van der Waals surface area contributed by atoms with Gasteiger partial charge in [0.15, 0.2) is 6.61 Å². The molecule has 7 nitrogen and oxygen atoms in total. The summed E-state index contributed by atoms with van der Waals surface area (Å²) in [6.45, 7) is 3.80. The lowest BCUT2D eigenvalue weighted by Crippen LogP contribution is -2.49. The van der Waals surface area contributed by atoms with E-state index in [9.17, 15) is 14.9 Å². The molecule has 1 saturated heterocycles. The number of piperidine rings is 1. The topological polar surface area (TPSA) is 93.5 Å². The van der Waals surface area contributed by atoms with Gasteiger partial charge in [-0.1, -0.05) is 6.92 Å². The van der Waals surface area contributed by atoms with Gasteiger partial charge in [0, 0.05) is 18.2 Å². The highest BCUT2D eigenvalue weighted by Crippen LogP contribution is 2.17. The zero-order chi connectivity index (χ0) is 15.2. The van der Waals surface area contributed by atoms with E-state index in [1.165, 1.54) is 24.3 Å². The van der Waals surface area contributed by atoms with Gasteiger partial charge in [0.2, 0.25) is 0 Å². The molecule has 1 aromatic carbocycles. The van der Waals surface area contributed by atoms with Gasteiger partial charge in [-0.05, 0) is 37.6 Å². The van der Waals surface area contributed by atoms with Gasteiger partial charge < -0.3 is 15.4 Å². The smallest absolute Gasteiger partial charge is 0.269 e. The Morgan fingerprint density at radius 1 is 1.48 bits per heavy atom. The number of ether oxygens (including phenoxy) is 1. The number of hydrogen-bond acceptors (Lipinski definition) is 5. The zero-order valence-corrected chi connectivity index (χ0v) is 11.9. The Morgan fingerprint density at radius 2 is 2.19 bits per heavy atom. The first-order chi connectivity index (χ1) is 10.1. The molecule has 2 rings (SSSR count). The van der Waals surface area contributed by atoms with Gasteiger partial charge in [0.1, 0.15) is 5.75 Å². The molecule has 0 bridgehead atoms. The van der Waals surface area contributed by atoms with Crippen molar-refractivity contribution in [1.29, 1.82) is 0 Å². The molecule has 7 heteroatoms. The number of carbonyl (C=O) groups excluding carboxylic acids is 1. The molecule has 2 unspecified atom stereocenters. The van der Waals surface area contributed by atoms with Crippen molar-refractivity contribution >= 4 is 11.6 Å². The number of nitro groups is 1. The summed E-state index contributed by atoms with van der Waals surface area (Å²) in [5.41, 5.74) is -0.00432. The predicted molar refractivity (Wildman–Crippen MR) is 77.2 cm³/mol. The Labute approximate surface area is 122 Å². The molecule has 0 aliphatic carbocycles. The van der Waals surface area contributed by atoms with Crippen molar-refractivity contribution in [3.8, 4) is 5.75 Å². The maximum absolute atomic E-state index is 11.8. The molecule has 21 heavy (non-hydrogen) atoms. The Morgan fingerprint density at radius 3 is 2.81 bits per heavy atom. The second kappa shape index (κ2) is 7.03. The number of nitrogens with one attached hydrogen (secondary N) is 2. The van der Waals surface area contributed by atoms with Crippen LogP contribution in [0.1, 0.15) is 13.3 Å². The minimum Gasteiger partial charge on any atom is -0.484 e. The standard InChI is InChI=1S/C14H19N3O4/c1-10-8-15-7-6-13(10)16-14(18)9-21-12-4-2-11(3-5-12)17(19)20/h2-5,10,13,15H,6-9H2,1H3,(H,16,18). The number of nitro benzene ring substituents is 1. The minimum atomic E-state index is -0.477.